The summed E-state index contributed by atoms with van der Waals surface area (Å²) >= 11 is 0. The average Bonchev–Trinajstić information content (AvgIpc) is 1.88. The first-order valence-electron chi connectivity index (χ1n) is 3.62. The van der Waals surface area contributed by atoms with Crippen LogP contribution in [-0.4, -0.2) is 11.7 Å². The number of aliphatic hydroxyl groups is 1. The zero-order valence-corrected chi connectivity index (χ0v) is 10.3. The molecule has 0 rings (SSSR count). The molecule has 1 nitrogen and oxygen atoms in total. The Labute approximate surface area is 90.5 Å². The molecule has 0 saturated carbocycles. The van der Waals surface area contributed by atoms with Crippen molar-refractivity contribution in [1.29, 1.82) is 0 Å². The molecule has 0 aliphatic carbocycles. The van der Waals surface area contributed by atoms with Gasteiger partial charge in [0.2, 0.25) is 0 Å². The molecule has 1 radical (unpaired) electrons. The van der Waals surface area contributed by atoms with Crippen LogP contribution in [0.2, 0.25) is 0 Å². The third-order valence-corrected chi connectivity index (χ3v) is 1.19. The van der Waals surface area contributed by atoms with Crippen molar-refractivity contribution in [2.45, 2.75) is 33.6 Å². The SMILES string of the molecule is CCO.[CH2-]CC(C)CC.[Y]. The van der Waals surface area contributed by atoms with Crippen molar-refractivity contribution in [2.75, 3.05) is 6.61 Å². The first kappa shape index (κ1) is 17.2. The van der Waals surface area contributed by atoms with Crippen LogP contribution in [0.1, 0.15) is 33.6 Å². The van der Waals surface area contributed by atoms with Crippen molar-refractivity contribution in [3.8, 4) is 0 Å². The largest absolute Gasteiger partial charge is 0.397 e. The van der Waals surface area contributed by atoms with Gasteiger partial charge in [0.25, 0.3) is 0 Å². The minimum atomic E-state index is 0. The molecule has 0 saturated heterocycles. The Hall–Kier alpha value is 1.06. The molecule has 0 amide bonds. The second-order valence-electron chi connectivity index (χ2n) is 2.12. The van der Waals surface area contributed by atoms with E-state index in [0.717, 1.165) is 12.3 Å². The molecule has 1 N–H and O–H groups in total. The van der Waals surface area contributed by atoms with Crippen LogP contribution in [0.4, 0.5) is 0 Å². The van der Waals surface area contributed by atoms with E-state index in [1.807, 2.05) is 0 Å². The Bertz CT molecular complexity index is 36.2. The molecule has 10 heavy (non-hydrogen) atoms. The van der Waals surface area contributed by atoms with E-state index in [-0.39, 0.29) is 39.3 Å². The van der Waals surface area contributed by atoms with Gasteiger partial charge in [0, 0.05) is 39.3 Å². The molecule has 0 spiro atoms. The first-order chi connectivity index (χ1) is 4.22. The van der Waals surface area contributed by atoms with E-state index in [2.05, 4.69) is 20.8 Å². The van der Waals surface area contributed by atoms with Crippen LogP contribution in [0.15, 0.2) is 0 Å². The fourth-order valence-corrected chi connectivity index (χ4v) is 0.204. The summed E-state index contributed by atoms with van der Waals surface area (Å²) in [6, 6.07) is 0. The maximum atomic E-state index is 7.57. The molecular weight excluding hydrogens is 201 g/mol. The van der Waals surface area contributed by atoms with Gasteiger partial charge in [-0.2, -0.15) is 6.42 Å². The van der Waals surface area contributed by atoms with E-state index in [4.69, 9.17) is 5.11 Å². The molecule has 61 valence electrons. The summed E-state index contributed by atoms with van der Waals surface area (Å²) in [6.45, 7) is 10.1. The topological polar surface area (TPSA) is 20.2 Å². The molecule has 0 bridgehead atoms. The summed E-state index contributed by atoms with van der Waals surface area (Å²) in [5.41, 5.74) is 0. The Morgan fingerprint density at radius 2 is 1.70 bits per heavy atom. The van der Waals surface area contributed by atoms with E-state index in [1.165, 1.54) is 6.42 Å². The van der Waals surface area contributed by atoms with E-state index < -0.39 is 0 Å². The number of hydrogen-bond donors (Lipinski definition) is 1. The summed E-state index contributed by atoms with van der Waals surface area (Å²) in [5.74, 6) is 0.824. The first-order valence-corrected chi connectivity index (χ1v) is 3.62. The molecule has 0 heterocycles. The minimum Gasteiger partial charge on any atom is -0.397 e. The van der Waals surface area contributed by atoms with Crippen LogP contribution in [0.5, 0.6) is 0 Å². The molecule has 0 fully saturated rings. The van der Waals surface area contributed by atoms with Crippen molar-refractivity contribution in [3.63, 3.8) is 0 Å². The van der Waals surface area contributed by atoms with Crippen LogP contribution in [0.25, 0.3) is 0 Å². The van der Waals surface area contributed by atoms with Crippen LogP contribution in [0, 0.1) is 12.8 Å². The second kappa shape index (κ2) is 16.6. The van der Waals surface area contributed by atoms with Gasteiger partial charge >= 0.3 is 0 Å². The maximum absolute atomic E-state index is 7.57. The Kier molecular flexibility index (Phi) is 28.6. The van der Waals surface area contributed by atoms with Gasteiger partial charge in [0.1, 0.15) is 0 Å². The van der Waals surface area contributed by atoms with Crippen LogP contribution >= 0.6 is 0 Å². The van der Waals surface area contributed by atoms with Crippen LogP contribution in [-0.2, 0) is 32.7 Å². The fraction of sp³-hybridized carbons (Fsp3) is 0.875. The molecule has 0 aromatic heterocycles. The summed E-state index contributed by atoms with van der Waals surface area (Å²) < 4.78 is 0. The molecule has 0 aliphatic rings. The van der Waals surface area contributed by atoms with Gasteiger partial charge in [-0.25, -0.2) is 0 Å². The molecule has 1 atom stereocenters. The van der Waals surface area contributed by atoms with Gasteiger partial charge in [0.05, 0.1) is 0 Å². The molecule has 2 heteroatoms. The van der Waals surface area contributed by atoms with Crippen molar-refractivity contribution < 1.29 is 37.8 Å². The van der Waals surface area contributed by atoms with Gasteiger partial charge in [-0.05, 0) is 6.92 Å². The van der Waals surface area contributed by atoms with E-state index in [0.29, 0.717) is 0 Å². The second-order valence-corrected chi connectivity index (χ2v) is 2.12. The van der Waals surface area contributed by atoms with Crippen molar-refractivity contribution >= 4 is 0 Å². The predicted molar refractivity (Wildman–Crippen MR) is 42.2 cm³/mol. The molecule has 0 aromatic rings. The average molecular weight is 220 g/mol. The zero-order valence-electron chi connectivity index (χ0n) is 7.43. The summed E-state index contributed by atoms with van der Waals surface area (Å²) in [5, 5.41) is 7.57. The van der Waals surface area contributed by atoms with Crippen LogP contribution in [0.3, 0.4) is 0 Å². The fourth-order valence-electron chi connectivity index (χ4n) is 0.204. The molecule has 0 aliphatic heterocycles. The smallest absolute Gasteiger partial charge is 0.0402 e. The quantitative estimate of drug-likeness (QED) is 0.707. The summed E-state index contributed by atoms with van der Waals surface area (Å²) in [6.07, 6.45) is 2.35. The van der Waals surface area contributed by atoms with Gasteiger partial charge < -0.3 is 12.0 Å². The van der Waals surface area contributed by atoms with E-state index in [9.17, 15) is 0 Å². The predicted octanol–water partition coefficient (Wildman–Crippen LogP) is 2.25. The molecule has 1 unspecified atom stereocenters. The Morgan fingerprint density at radius 3 is 1.70 bits per heavy atom. The third-order valence-electron chi connectivity index (χ3n) is 1.19. The third kappa shape index (κ3) is 23.0. The van der Waals surface area contributed by atoms with Gasteiger partial charge in [-0.15, -0.1) is 0 Å². The van der Waals surface area contributed by atoms with E-state index in [1.54, 1.807) is 6.92 Å². The van der Waals surface area contributed by atoms with Gasteiger partial charge in [-0.1, -0.05) is 26.2 Å². The minimum absolute atomic E-state index is 0. The van der Waals surface area contributed by atoms with Crippen molar-refractivity contribution in [1.82, 2.24) is 0 Å². The van der Waals surface area contributed by atoms with Gasteiger partial charge in [0.15, 0.2) is 0 Å². The number of aliphatic hydroxyl groups excluding tert-OH is 1. The zero-order chi connectivity index (χ0) is 7.70. The number of rotatable bonds is 2. The number of hydrogen-bond acceptors (Lipinski definition) is 1. The van der Waals surface area contributed by atoms with Gasteiger partial charge in [-0.3, -0.25) is 0 Å². The standard InChI is InChI=1S/C6H13.C2H6O.Y/c1-4-6(3)5-2;1-2-3;/h6H,1,4-5H2,2-3H3;3H,2H2,1H3;/q-1;;. The summed E-state index contributed by atoms with van der Waals surface area (Å²) in [4.78, 5) is 0. The van der Waals surface area contributed by atoms with E-state index >= 15 is 0 Å². The normalized spacial score (nSPS) is 10.5. The summed E-state index contributed by atoms with van der Waals surface area (Å²) in [7, 11) is 0. The van der Waals surface area contributed by atoms with Crippen LogP contribution < -0.4 is 0 Å². The Balaban J connectivity index is -0.000000107. The maximum Gasteiger partial charge on any atom is 0.0402 e. The monoisotopic (exact) mass is 220 g/mol. The molecular formula is C8H19OY-. The Morgan fingerprint density at radius 1 is 1.40 bits per heavy atom. The molecule has 0 aromatic carbocycles. The van der Waals surface area contributed by atoms with Crippen molar-refractivity contribution in [2.24, 2.45) is 5.92 Å². The van der Waals surface area contributed by atoms with Crippen molar-refractivity contribution in [3.05, 3.63) is 6.92 Å².